The van der Waals surface area contributed by atoms with E-state index in [1.165, 1.54) is 48.5 Å². The van der Waals surface area contributed by atoms with E-state index in [4.69, 9.17) is 0 Å². The minimum Gasteiger partial charge on any atom is -0.268 e. The molecule has 8 heteroatoms. The molecule has 0 aliphatic carbocycles. The summed E-state index contributed by atoms with van der Waals surface area (Å²) in [5.74, 6) is -0.999. The lowest BCUT2D eigenvalue weighted by Gasteiger charge is -2.24. The van der Waals surface area contributed by atoms with E-state index in [-0.39, 0.29) is 32.9 Å². The predicted octanol–water partition coefficient (Wildman–Crippen LogP) is 7.66. The van der Waals surface area contributed by atoms with E-state index in [0.717, 1.165) is 20.3 Å². The lowest BCUT2D eigenvalue weighted by molar-refractivity contribution is 0.591. The average molecular weight is 641 g/mol. The Labute approximate surface area is 272 Å². The van der Waals surface area contributed by atoms with Crippen molar-refractivity contribution in [3.8, 4) is 11.4 Å². The summed E-state index contributed by atoms with van der Waals surface area (Å²) < 4.78 is 30.0. The first-order valence-electron chi connectivity index (χ1n) is 15.7. The summed E-state index contributed by atoms with van der Waals surface area (Å²) in [5.41, 5.74) is -1.03. The van der Waals surface area contributed by atoms with E-state index in [1.807, 2.05) is 65.8 Å². The number of benzene rings is 6. The zero-order valence-electron chi connectivity index (χ0n) is 27.2. The molecular weight excluding hydrogens is 610 g/mol. The highest BCUT2D eigenvalue weighted by atomic mass is 19.1. The van der Waals surface area contributed by atoms with Crippen LogP contribution in [0.4, 0.5) is 8.78 Å². The summed E-state index contributed by atoms with van der Waals surface area (Å²) in [4.78, 5) is 57.8. The monoisotopic (exact) mass is 640 g/mol. The van der Waals surface area contributed by atoms with Gasteiger partial charge in [-0.3, -0.25) is 19.2 Å². The molecule has 0 aliphatic heterocycles. The van der Waals surface area contributed by atoms with Gasteiger partial charge in [0.15, 0.2) is 0 Å². The van der Waals surface area contributed by atoms with Crippen LogP contribution in [0.2, 0.25) is 0 Å². The van der Waals surface area contributed by atoms with Crippen LogP contribution in [0.5, 0.6) is 0 Å². The molecule has 2 aromatic heterocycles. The predicted molar refractivity (Wildman–Crippen MR) is 189 cm³/mol. The molecule has 0 saturated carbocycles. The van der Waals surface area contributed by atoms with Crippen LogP contribution < -0.4 is 22.2 Å². The number of hydrogen-bond donors (Lipinski definition) is 0. The number of halogens is 2. The van der Waals surface area contributed by atoms with E-state index >= 15 is 0 Å². The van der Waals surface area contributed by atoms with Crippen molar-refractivity contribution in [1.29, 1.82) is 0 Å². The van der Waals surface area contributed by atoms with Crippen LogP contribution >= 0.6 is 0 Å². The Morgan fingerprint density at radius 2 is 0.667 bits per heavy atom. The number of fused-ring (bicyclic) bond motifs is 6. The van der Waals surface area contributed by atoms with Crippen molar-refractivity contribution < 1.29 is 8.78 Å². The van der Waals surface area contributed by atoms with Gasteiger partial charge in [-0.05, 0) is 127 Å². The van der Waals surface area contributed by atoms with Gasteiger partial charge in [-0.2, -0.15) is 0 Å². The molecule has 8 aromatic rings. The van der Waals surface area contributed by atoms with E-state index < -0.39 is 44.7 Å². The van der Waals surface area contributed by atoms with Crippen LogP contribution in [0.3, 0.4) is 0 Å². The first-order chi connectivity index (χ1) is 22.6. The molecule has 6 nitrogen and oxygen atoms in total. The Morgan fingerprint density at radius 1 is 0.417 bits per heavy atom. The third-order valence-electron chi connectivity index (χ3n) is 9.67. The number of hydrogen-bond acceptors (Lipinski definition) is 4. The van der Waals surface area contributed by atoms with Crippen molar-refractivity contribution in [1.82, 2.24) is 9.13 Å². The minimum absolute atomic E-state index is 0.201. The molecule has 48 heavy (non-hydrogen) atoms. The van der Waals surface area contributed by atoms with Gasteiger partial charge in [-0.25, -0.2) is 17.9 Å². The SMILES string of the molecule is CC(C)(C)c1cc2c3c(=O)n(-c4ccc(F)cc4)c(=O)c3c3cc(C(C)(C)C)cc4c5c(=O)n(-c6ccc(F)cc6)c(=O)c5c(c1)c2c34. The molecule has 0 aliphatic rings. The zero-order chi connectivity index (χ0) is 34.2. The van der Waals surface area contributed by atoms with Crippen LogP contribution in [0, 0.1) is 11.6 Å². The van der Waals surface area contributed by atoms with Crippen molar-refractivity contribution in [3.05, 3.63) is 137 Å². The van der Waals surface area contributed by atoms with Crippen LogP contribution in [-0.2, 0) is 10.8 Å². The smallest absolute Gasteiger partial charge is 0.266 e. The summed E-state index contributed by atoms with van der Waals surface area (Å²) in [7, 11) is 0. The fraction of sp³-hybridized carbons (Fsp3) is 0.200. The van der Waals surface area contributed by atoms with E-state index in [2.05, 4.69) is 0 Å². The molecular formula is C40H30F2N2O4. The Kier molecular flexibility index (Phi) is 5.93. The van der Waals surface area contributed by atoms with Gasteiger partial charge in [-0.1, -0.05) is 41.5 Å². The van der Waals surface area contributed by atoms with Crippen LogP contribution in [-0.4, -0.2) is 9.13 Å². The van der Waals surface area contributed by atoms with Gasteiger partial charge in [0.25, 0.3) is 22.2 Å². The maximum Gasteiger partial charge on any atom is 0.266 e. The minimum atomic E-state index is -0.551. The Bertz CT molecular complexity index is 2550. The third kappa shape index (κ3) is 3.95. The van der Waals surface area contributed by atoms with Gasteiger partial charge >= 0.3 is 0 Å². The van der Waals surface area contributed by atoms with Crippen LogP contribution in [0.1, 0.15) is 52.7 Å². The van der Waals surface area contributed by atoms with Gasteiger partial charge in [0.2, 0.25) is 0 Å². The van der Waals surface area contributed by atoms with Gasteiger partial charge in [0.1, 0.15) is 11.6 Å². The largest absolute Gasteiger partial charge is 0.268 e. The molecule has 2 heterocycles. The summed E-state index contributed by atoms with van der Waals surface area (Å²) in [5, 5.41) is 4.02. The second kappa shape index (κ2) is 9.53. The normalized spacial score (nSPS) is 12.9. The van der Waals surface area contributed by atoms with E-state index in [9.17, 15) is 28.0 Å². The molecule has 0 fully saturated rings. The van der Waals surface area contributed by atoms with E-state index in [0.29, 0.717) is 32.3 Å². The molecule has 0 N–H and O–H groups in total. The summed E-state index contributed by atoms with van der Waals surface area (Å²) in [6.07, 6.45) is 0. The highest BCUT2D eigenvalue weighted by Crippen LogP contribution is 2.46. The van der Waals surface area contributed by atoms with Crippen molar-refractivity contribution >= 4 is 53.9 Å². The van der Waals surface area contributed by atoms with Gasteiger partial charge < -0.3 is 0 Å². The number of nitrogens with zero attached hydrogens (tertiary/aromatic N) is 2. The Balaban J connectivity index is 1.73. The van der Waals surface area contributed by atoms with E-state index in [1.54, 1.807) is 0 Å². The molecule has 0 spiro atoms. The lowest BCUT2D eigenvalue weighted by Crippen LogP contribution is -2.23. The van der Waals surface area contributed by atoms with Gasteiger partial charge in [-0.15, -0.1) is 0 Å². The van der Waals surface area contributed by atoms with Crippen LogP contribution in [0.25, 0.3) is 65.2 Å². The Hall–Kier alpha value is -5.50. The molecule has 238 valence electrons. The summed E-state index contributed by atoms with van der Waals surface area (Å²) in [6.45, 7) is 12.0. The summed E-state index contributed by atoms with van der Waals surface area (Å²) >= 11 is 0. The molecule has 0 atom stereocenters. The van der Waals surface area contributed by atoms with Crippen molar-refractivity contribution in [3.63, 3.8) is 0 Å². The molecule has 0 saturated heterocycles. The number of rotatable bonds is 2. The van der Waals surface area contributed by atoms with Crippen molar-refractivity contribution in [2.45, 2.75) is 52.4 Å². The quantitative estimate of drug-likeness (QED) is 0.182. The zero-order valence-corrected chi connectivity index (χ0v) is 27.2. The fourth-order valence-corrected chi connectivity index (χ4v) is 7.19. The molecule has 8 rings (SSSR count). The third-order valence-corrected chi connectivity index (χ3v) is 9.67. The molecule has 6 aromatic carbocycles. The maximum absolute atomic E-state index is 14.5. The maximum atomic E-state index is 14.5. The molecule has 0 amide bonds. The topological polar surface area (TPSA) is 78.1 Å². The van der Waals surface area contributed by atoms with Crippen LogP contribution in [0.15, 0.2) is 92.0 Å². The van der Waals surface area contributed by atoms with Crippen molar-refractivity contribution in [2.75, 3.05) is 0 Å². The Morgan fingerprint density at radius 3 is 0.896 bits per heavy atom. The average Bonchev–Trinajstić information content (AvgIpc) is 3.45. The highest BCUT2D eigenvalue weighted by molar-refractivity contribution is 6.40. The standard InChI is InChI=1S/C40H30F2N2O4/c1-39(2,3)19-15-25-29-26(16-19)32-34(38(48)44(36(32)46)24-13-9-22(42)10-14-24)28-18-20(40(4,5)6)17-27(30(28)29)33-31(25)35(45)43(37(33)47)23-11-7-21(41)8-12-23/h7-18H,1-6H3. The second-order valence-corrected chi connectivity index (χ2v) is 14.7. The van der Waals surface area contributed by atoms with Gasteiger partial charge in [0, 0.05) is 0 Å². The second-order valence-electron chi connectivity index (χ2n) is 14.7. The fourth-order valence-electron chi connectivity index (χ4n) is 7.19. The van der Waals surface area contributed by atoms with Gasteiger partial charge in [0.05, 0.1) is 32.9 Å². The highest BCUT2D eigenvalue weighted by Gasteiger charge is 2.30. The molecule has 0 radical (unpaired) electrons. The molecule has 0 bridgehead atoms. The first kappa shape index (κ1) is 29.9. The first-order valence-corrected chi connectivity index (χ1v) is 15.7. The summed E-state index contributed by atoms with van der Waals surface area (Å²) in [6, 6.07) is 18.0. The number of aromatic nitrogens is 2. The lowest BCUT2D eigenvalue weighted by atomic mass is 9.79. The molecule has 0 unspecified atom stereocenters. The van der Waals surface area contributed by atoms with Crippen molar-refractivity contribution in [2.24, 2.45) is 0 Å².